The molecule has 0 aliphatic carbocycles. The van der Waals surface area contributed by atoms with Crippen LogP contribution < -0.4 is 10.1 Å². The number of halogens is 1. The van der Waals surface area contributed by atoms with Crippen molar-refractivity contribution in [3.05, 3.63) is 58.6 Å². The third-order valence-corrected chi connectivity index (χ3v) is 6.70. The van der Waals surface area contributed by atoms with Gasteiger partial charge >= 0.3 is 0 Å². The van der Waals surface area contributed by atoms with Crippen LogP contribution in [-0.2, 0) is 27.8 Å². The monoisotopic (exact) mass is 422 g/mol. The van der Waals surface area contributed by atoms with Crippen LogP contribution in [0.15, 0.2) is 47.4 Å². The molecule has 2 aromatic carbocycles. The summed E-state index contributed by atoms with van der Waals surface area (Å²) >= 11 is 6.20. The molecule has 1 N–H and O–H groups in total. The minimum atomic E-state index is -3.67. The summed E-state index contributed by atoms with van der Waals surface area (Å²) in [5.74, 6) is 0.0258. The van der Waals surface area contributed by atoms with Crippen molar-refractivity contribution in [2.75, 3.05) is 19.7 Å². The SMILES string of the molecule is CCCNC(=O)COc1ccc(S(=O)(=O)N2CCc3ccccc3C2)cc1Cl. The molecule has 3 rings (SSSR count). The van der Waals surface area contributed by atoms with E-state index in [0.29, 0.717) is 26.1 Å². The van der Waals surface area contributed by atoms with Gasteiger partial charge in [0.2, 0.25) is 10.0 Å². The first-order valence-corrected chi connectivity index (χ1v) is 11.0. The third kappa shape index (κ3) is 4.66. The first-order chi connectivity index (χ1) is 13.4. The van der Waals surface area contributed by atoms with Crippen LogP contribution in [0.25, 0.3) is 0 Å². The van der Waals surface area contributed by atoms with E-state index in [0.717, 1.165) is 12.0 Å². The third-order valence-electron chi connectivity index (χ3n) is 4.57. The Hall–Kier alpha value is -2.09. The average molecular weight is 423 g/mol. The van der Waals surface area contributed by atoms with Gasteiger partial charge in [-0.05, 0) is 42.2 Å². The zero-order chi connectivity index (χ0) is 20.1. The molecule has 0 aromatic heterocycles. The molecule has 0 radical (unpaired) electrons. The number of ether oxygens (including phenoxy) is 1. The highest BCUT2D eigenvalue weighted by Crippen LogP contribution is 2.30. The van der Waals surface area contributed by atoms with Crippen molar-refractivity contribution >= 4 is 27.5 Å². The standard InChI is InChI=1S/C20H23ClN2O4S/c1-2-10-22-20(24)14-27-19-8-7-17(12-18(19)21)28(25,26)23-11-9-15-5-3-4-6-16(15)13-23/h3-8,12H,2,9-11,13-14H2,1H3,(H,22,24). The van der Waals surface area contributed by atoms with Crippen LogP contribution in [0.5, 0.6) is 5.75 Å². The highest BCUT2D eigenvalue weighted by molar-refractivity contribution is 7.89. The van der Waals surface area contributed by atoms with E-state index < -0.39 is 10.0 Å². The topological polar surface area (TPSA) is 75.7 Å². The van der Waals surface area contributed by atoms with E-state index in [-0.39, 0.29) is 28.2 Å². The highest BCUT2D eigenvalue weighted by atomic mass is 35.5. The van der Waals surface area contributed by atoms with Gasteiger partial charge in [0.1, 0.15) is 5.75 Å². The Morgan fingerprint density at radius 3 is 2.68 bits per heavy atom. The van der Waals surface area contributed by atoms with Gasteiger partial charge in [0.25, 0.3) is 5.91 Å². The summed E-state index contributed by atoms with van der Waals surface area (Å²) in [7, 11) is -3.67. The number of carbonyl (C=O) groups excluding carboxylic acids is 1. The van der Waals surface area contributed by atoms with Gasteiger partial charge in [0.05, 0.1) is 9.92 Å². The predicted octanol–water partition coefficient (Wildman–Crippen LogP) is 2.99. The molecule has 0 spiro atoms. The van der Waals surface area contributed by atoms with E-state index >= 15 is 0 Å². The predicted molar refractivity (Wildman–Crippen MR) is 108 cm³/mol. The molecule has 1 aliphatic heterocycles. The van der Waals surface area contributed by atoms with Crippen LogP contribution in [0.4, 0.5) is 0 Å². The van der Waals surface area contributed by atoms with E-state index in [4.69, 9.17) is 16.3 Å². The molecule has 6 nitrogen and oxygen atoms in total. The van der Waals surface area contributed by atoms with Gasteiger partial charge in [-0.15, -0.1) is 0 Å². The number of hydrogen-bond acceptors (Lipinski definition) is 4. The van der Waals surface area contributed by atoms with Crippen LogP contribution in [0.1, 0.15) is 24.5 Å². The second-order valence-corrected chi connectivity index (χ2v) is 8.93. The normalized spacial score (nSPS) is 14.4. The lowest BCUT2D eigenvalue weighted by molar-refractivity contribution is -0.123. The van der Waals surface area contributed by atoms with Crippen molar-refractivity contribution in [3.8, 4) is 5.75 Å². The van der Waals surface area contributed by atoms with Crippen molar-refractivity contribution < 1.29 is 17.9 Å². The second kappa shape index (κ2) is 8.94. The number of sulfonamides is 1. The Balaban J connectivity index is 1.71. The van der Waals surface area contributed by atoms with E-state index in [1.54, 1.807) is 0 Å². The van der Waals surface area contributed by atoms with Gasteiger partial charge in [-0.3, -0.25) is 4.79 Å². The van der Waals surface area contributed by atoms with Crippen LogP contribution in [-0.4, -0.2) is 38.3 Å². The first-order valence-electron chi connectivity index (χ1n) is 9.18. The summed E-state index contributed by atoms with van der Waals surface area (Å²) in [4.78, 5) is 11.7. The molecule has 8 heteroatoms. The van der Waals surface area contributed by atoms with Crippen molar-refractivity contribution in [1.29, 1.82) is 0 Å². The number of fused-ring (bicyclic) bond motifs is 1. The van der Waals surface area contributed by atoms with E-state index in [1.165, 1.54) is 28.1 Å². The molecule has 0 atom stereocenters. The molecular weight excluding hydrogens is 400 g/mol. The lowest BCUT2D eigenvalue weighted by Crippen LogP contribution is -2.35. The smallest absolute Gasteiger partial charge is 0.257 e. The molecule has 0 fully saturated rings. The Labute approximate surface area is 170 Å². The Bertz CT molecular complexity index is 962. The van der Waals surface area contributed by atoms with Gasteiger partial charge < -0.3 is 10.1 Å². The summed E-state index contributed by atoms with van der Waals surface area (Å²) in [5.41, 5.74) is 2.19. The summed E-state index contributed by atoms with van der Waals surface area (Å²) in [5, 5.41) is 2.85. The highest BCUT2D eigenvalue weighted by Gasteiger charge is 2.28. The number of hydrogen-bond donors (Lipinski definition) is 1. The fourth-order valence-corrected chi connectivity index (χ4v) is 4.79. The molecule has 0 unspecified atom stereocenters. The number of carbonyl (C=O) groups is 1. The fourth-order valence-electron chi connectivity index (χ4n) is 3.04. The van der Waals surface area contributed by atoms with Gasteiger partial charge in [-0.25, -0.2) is 8.42 Å². The number of amides is 1. The first kappa shape index (κ1) is 20.6. The number of nitrogens with one attached hydrogen (secondary N) is 1. The minimum absolute atomic E-state index is 0.111. The Morgan fingerprint density at radius 1 is 1.21 bits per heavy atom. The van der Waals surface area contributed by atoms with Crippen molar-refractivity contribution in [3.63, 3.8) is 0 Å². The lowest BCUT2D eigenvalue weighted by atomic mass is 10.0. The maximum absolute atomic E-state index is 13.0. The van der Waals surface area contributed by atoms with E-state index in [2.05, 4.69) is 5.32 Å². The fraction of sp³-hybridized carbons (Fsp3) is 0.350. The van der Waals surface area contributed by atoms with Gasteiger partial charge in [0, 0.05) is 19.6 Å². The average Bonchev–Trinajstić information content (AvgIpc) is 2.70. The molecule has 0 bridgehead atoms. The second-order valence-electron chi connectivity index (χ2n) is 6.59. The quantitative estimate of drug-likeness (QED) is 0.744. The van der Waals surface area contributed by atoms with E-state index in [1.807, 2.05) is 31.2 Å². The number of rotatable bonds is 7. The van der Waals surface area contributed by atoms with Crippen molar-refractivity contribution in [2.24, 2.45) is 0 Å². The number of nitrogens with zero attached hydrogens (tertiary/aromatic N) is 1. The zero-order valence-electron chi connectivity index (χ0n) is 15.7. The van der Waals surface area contributed by atoms with Gasteiger partial charge in [0.15, 0.2) is 6.61 Å². The van der Waals surface area contributed by atoms with Crippen LogP contribution in [0.3, 0.4) is 0 Å². The molecule has 28 heavy (non-hydrogen) atoms. The zero-order valence-corrected chi connectivity index (χ0v) is 17.2. The maximum atomic E-state index is 13.0. The van der Waals surface area contributed by atoms with Crippen LogP contribution >= 0.6 is 11.6 Å². The molecule has 2 aromatic rings. The molecule has 1 aliphatic rings. The summed E-state index contributed by atoms with van der Waals surface area (Å²) < 4.78 is 32.9. The van der Waals surface area contributed by atoms with Gasteiger partial charge in [-0.2, -0.15) is 4.31 Å². The largest absolute Gasteiger partial charge is 0.482 e. The van der Waals surface area contributed by atoms with Crippen molar-refractivity contribution in [2.45, 2.75) is 31.2 Å². The van der Waals surface area contributed by atoms with Crippen LogP contribution in [0.2, 0.25) is 5.02 Å². The van der Waals surface area contributed by atoms with E-state index in [9.17, 15) is 13.2 Å². The molecule has 0 saturated heterocycles. The number of benzene rings is 2. The molecule has 150 valence electrons. The van der Waals surface area contributed by atoms with Crippen LogP contribution in [0, 0.1) is 0 Å². The van der Waals surface area contributed by atoms with Gasteiger partial charge in [-0.1, -0.05) is 42.8 Å². The molecule has 1 heterocycles. The summed E-state index contributed by atoms with van der Waals surface area (Å²) in [6.07, 6.45) is 1.51. The Kier molecular flexibility index (Phi) is 6.59. The van der Waals surface area contributed by atoms with Crippen molar-refractivity contribution in [1.82, 2.24) is 9.62 Å². The summed E-state index contributed by atoms with van der Waals surface area (Å²) in [6.45, 7) is 3.12. The molecule has 1 amide bonds. The summed E-state index contributed by atoms with van der Waals surface area (Å²) in [6, 6.07) is 12.2. The molecule has 0 saturated carbocycles. The minimum Gasteiger partial charge on any atom is -0.482 e. The molecular formula is C20H23ClN2O4S. The maximum Gasteiger partial charge on any atom is 0.257 e. The lowest BCUT2D eigenvalue weighted by Gasteiger charge is -2.28. The Morgan fingerprint density at radius 2 is 1.96 bits per heavy atom.